The highest BCUT2D eigenvalue weighted by molar-refractivity contribution is 7.46. The lowest BCUT2D eigenvalue weighted by molar-refractivity contribution is -0.141. The number of phosphoric ester groups is 1. The molecule has 0 bridgehead atoms. The summed E-state index contributed by atoms with van der Waals surface area (Å²) in [5.74, 6) is -3.86. The van der Waals surface area contributed by atoms with Crippen molar-refractivity contribution in [1.29, 1.82) is 0 Å². The molecule has 49 heavy (non-hydrogen) atoms. The topological polar surface area (TPSA) is 247 Å². The predicted octanol–water partition coefficient (Wildman–Crippen LogP) is 0.584. The smallest absolute Gasteiger partial charge is 0.404 e. The first-order chi connectivity index (χ1) is 23.0. The molecule has 0 unspecified atom stereocenters. The second-order valence-corrected chi connectivity index (χ2v) is 12.8. The number of amides is 6. The number of hydrogen-bond acceptors (Lipinski definition) is 8. The lowest BCUT2D eigenvalue weighted by Gasteiger charge is -2.32. The van der Waals surface area contributed by atoms with Gasteiger partial charge in [-0.05, 0) is 49.3 Å². The van der Waals surface area contributed by atoms with E-state index in [0.29, 0.717) is 31.4 Å². The summed E-state index contributed by atoms with van der Waals surface area (Å²) in [6.07, 6.45) is 3.95. The number of carbonyl (C=O) groups excluding carboxylic acids is 6. The number of nitrogens with two attached hydrogens (primary N) is 1. The molecule has 0 heterocycles. The molecule has 8 N–H and O–H groups in total. The largest absolute Gasteiger partial charge is 0.524 e. The van der Waals surface area contributed by atoms with Crippen LogP contribution in [0, 0.1) is 5.92 Å². The molecule has 0 aliphatic rings. The van der Waals surface area contributed by atoms with Gasteiger partial charge in [-0.2, -0.15) is 0 Å². The number of rotatable bonds is 23. The molecule has 3 atom stereocenters. The van der Waals surface area contributed by atoms with Crippen LogP contribution in [-0.4, -0.2) is 87.9 Å². The van der Waals surface area contributed by atoms with E-state index in [1.54, 1.807) is 12.2 Å². The molecule has 16 nitrogen and oxygen atoms in total. The Kier molecular flexibility index (Phi) is 18.6. The van der Waals surface area contributed by atoms with Gasteiger partial charge in [0.25, 0.3) is 0 Å². The SMILES string of the molecule is C=CCCNC(=O)[C@H](CC(C)C)N(CCC=C)C(=O)CNC(=O)[C@H](CCC(N)=O)NC(=O)[C@H](Cc1ccc(OP(=O)(O)O)cc1)NC(C)=O. The third-order valence-electron chi connectivity index (χ3n) is 6.92. The first kappa shape index (κ1) is 42.5. The number of phosphoric acid groups is 1. The van der Waals surface area contributed by atoms with E-state index in [1.807, 2.05) is 13.8 Å². The summed E-state index contributed by atoms with van der Waals surface area (Å²) in [6.45, 7) is 12.3. The highest BCUT2D eigenvalue weighted by atomic mass is 31.2. The number of nitrogens with zero attached hydrogens (tertiary/aromatic N) is 1. The maximum absolute atomic E-state index is 13.5. The summed E-state index contributed by atoms with van der Waals surface area (Å²) >= 11 is 0. The Morgan fingerprint density at radius 1 is 0.939 bits per heavy atom. The highest BCUT2D eigenvalue weighted by Gasteiger charge is 2.31. The Balaban J connectivity index is 3.16. The minimum Gasteiger partial charge on any atom is -0.404 e. The van der Waals surface area contributed by atoms with E-state index in [0.717, 1.165) is 0 Å². The van der Waals surface area contributed by atoms with Crippen LogP contribution in [0.3, 0.4) is 0 Å². The Bertz CT molecular complexity index is 1360. The van der Waals surface area contributed by atoms with Gasteiger partial charge in [0.1, 0.15) is 23.9 Å². The van der Waals surface area contributed by atoms with Crippen molar-refractivity contribution < 1.29 is 47.6 Å². The Labute approximate surface area is 286 Å². The number of nitrogens with one attached hydrogen (secondary N) is 4. The molecular weight excluding hydrogens is 659 g/mol. The van der Waals surface area contributed by atoms with Gasteiger partial charge in [0.2, 0.25) is 35.4 Å². The van der Waals surface area contributed by atoms with Crippen LogP contribution < -0.4 is 31.5 Å². The zero-order valence-electron chi connectivity index (χ0n) is 28.2. The molecule has 17 heteroatoms. The van der Waals surface area contributed by atoms with Crippen molar-refractivity contribution in [3.63, 3.8) is 0 Å². The van der Waals surface area contributed by atoms with E-state index in [-0.39, 0.29) is 43.4 Å². The zero-order valence-corrected chi connectivity index (χ0v) is 29.1. The summed E-state index contributed by atoms with van der Waals surface area (Å²) in [7, 11) is -4.79. The van der Waals surface area contributed by atoms with Gasteiger partial charge >= 0.3 is 7.82 Å². The van der Waals surface area contributed by atoms with Crippen LogP contribution in [0.2, 0.25) is 0 Å². The summed E-state index contributed by atoms with van der Waals surface area (Å²) in [5.41, 5.74) is 5.76. The van der Waals surface area contributed by atoms with Gasteiger partial charge in [0.05, 0.1) is 6.54 Å². The van der Waals surface area contributed by atoms with Gasteiger partial charge in [-0.3, -0.25) is 38.6 Å². The van der Waals surface area contributed by atoms with Crippen molar-refractivity contribution in [2.45, 2.75) is 77.4 Å². The second kappa shape index (κ2) is 21.4. The molecule has 0 saturated heterocycles. The van der Waals surface area contributed by atoms with Crippen LogP contribution in [0.1, 0.15) is 58.4 Å². The van der Waals surface area contributed by atoms with Crippen molar-refractivity contribution in [3.8, 4) is 5.75 Å². The summed E-state index contributed by atoms with van der Waals surface area (Å²) < 4.78 is 15.6. The maximum Gasteiger partial charge on any atom is 0.524 e. The van der Waals surface area contributed by atoms with Gasteiger partial charge < -0.3 is 36.4 Å². The fraction of sp³-hybridized carbons (Fsp3) is 0.500. The third kappa shape index (κ3) is 17.4. The third-order valence-corrected chi connectivity index (χ3v) is 7.37. The molecular formula is C32H49N6O10P. The van der Waals surface area contributed by atoms with Crippen LogP contribution in [0.25, 0.3) is 0 Å². The molecule has 0 saturated carbocycles. The molecule has 0 aliphatic heterocycles. The molecule has 0 aromatic heterocycles. The van der Waals surface area contributed by atoms with Crippen molar-refractivity contribution in [3.05, 3.63) is 55.1 Å². The van der Waals surface area contributed by atoms with E-state index in [1.165, 1.54) is 36.1 Å². The lowest BCUT2D eigenvalue weighted by Crippen LogP contribution is -2.56. The Morgan fingerprint density at radius 2 is 1.57 bits per heavy atom. The number of hydrogen-bond donors (Lipinski definition) is 7. The second-order valence-electron chi connectivity index (χ2n) is 11.6. The number of primary amides is 1. The molecule has 0 radical (unpaired) electrons. The van der Waals surface area contributed by atoms with Gasteiger partial charge in [0.15, 0.2) is 0 Å². The first-order valence-electron chi connectivity index (χ1n) is 15.7. The predicted molar refractivity (Wildman–Crippen MR) is 181 cm³/mol. The highest BCUT2D eigenvalue weighted by Crippen LogP contribution is 2.37. The average molecular weight is 709 g/mol. The standard InChI is InChI=1S/C32H49N6O10P/c1-6-8-16-34-32(44)27(18-21(3)4)38(17-9-7-2)29(41)20-35-30(42)25(14-15-28(33)40)37-31(43)26(36-22(5)39)19-23-10-12-24(13-11-23)48-49(45,46)47/h6-7,10-13,21,25-27H,1-2,8-9,14-20H2,3-5H3,(H2,33,40)(H,34,44)(H,35,42)(H,36,39)(H,37,43)(H2,45,46,47)/t25-,26-,27-/m0/s1. The van der Waals surface area contributed by atoms with E-state index in [9.17, 15) is 33.3 Å². The first-order valence-corrected chi connectivity index (χ1v) is 17.3. The fourth-order valence-electron chi connectivity index (χ4n) is 4.65. The van der Waals surface area contributed by atoms with E-state index >= 15 is 0 Å². The van der Waals surface area contributed by atoms with E-state index < -0.39 is 62.0 Å². The minimum absolute atomic E-state index is 0.0553. The van der Waals surface area contributed by atoms with Crippen LogP contribution in [0.15, 0.2) is 49.6 Å². The molecule has 272 valence electrons. The van der Waals surface area contributed by atoms with Crippen molar-refractivity contribution in [1.82, 2.24) is 26.2 Å². The number of benzene rings is 1. The van der Waals surface area contributed by atoms with Gasteiger partial charge in [-0.25, -0.2) is 4.57 Å². The monoisotopic (exact) mass is 708 g/mol. The zero-order chi connectivity index (χ0) is 37.1. The maximum atomic E-state index is 13.5. The number of carbonyl (C=O) groups is 6. The van der Waals surface area contributed by atoms with Gasteiger partial charge in [-0.1, -0.05) is 38.1 Å². The molecule has 0 spiro atoms. The van der Waals surface area contributed by atoms with Crippen LogP contribution in [-0.2, 0) is 39.8 Å². The van der Waals surface area contributed by atoms with Crippen molar-refractivity contribution in [2.75, 3.05) is 19.6 Å². The molecule has 1 aromatic rings. The molecule has 6 amide bonds. The summed E-state index contributed by atoms with van der Waals surface area (Å²) in [4.78, 5) is 96.1. The lowest BCUT2D eigenvalue weighted by atomic mass is 10.0. The summed E-state index contributed by atoms with van der Waals surface area (Å²) in [6, 6.07) is 2.04. The van der Waals surface area contributed by atoms with Crippen LogP contribution >= 0.6 is 7.82 Å². The fourth-order valence-corrected chi connectivity index (χ4v) is 5.05. The molecule has 1 aromatic carbocycles. The molecule has 1 rings (SSSR count). The Morgan fingerprint density at radius 3 is 2.10 bits per heavy atom. The normalized spacial score (nSPS) is 12.9. The molecule has 0 aliphatic carbocycles. The van der Waals surface area contributed by atoms with Crippen LogP contribution in [0.4, 0.5) is 0 Å². The Hall–Kier alpha value is -4.53. The van der Waals surface area contributed by atoms with E-state index in [2.05, 4.69) is 38.9 Å². The van der Waals surface area contributed by atoms with Crippen LogP contribution in [0.5, 0.6) is 5.75 Å². The van der Waals surface area contributed by atoms with E-state index in [4.69, 9.17) is 15.5 Å². The van der Waals surface area contributed by atoms with Crippen molar-refractivity contribution >= 4 is 43.3 Å². The quantitative estimate of drug-likeness (QED) is 0.0474. The minimum atomic E-state index is -4.79. The summed E-state index contributed by atoms with van der Waals surface area (Å²) in [5, 5.41) is 10.3. The van der Waals surface area contributed by atoms with Gasteiger partial charge in [0, 0.05) is 32.9 Å². The van der Waals surface area contributed by atoms with Gasteiger partial charge in [-0.15, -0.1) is 13.2 Å². The average Bonchev–Trinajstić information content (AvgIpc) is 3.00. The van der Waals surface area contributed by atoms with Crippen molar-refractivity contribution in [2.24, 2.45) is 11.7 Å². The molecule has 0 fully saturated rings.